The van der Waals surface area contributed by atoms with Gasteiger partial charge in [0.1, 0.15) is 11.5 Å². The summed E-state index contributed by atoms with van der Waals surface area (Å²) in [5.41, 5.74) is 4.68. The van der Waals surface area contributed by atoms with Crippen molar-refractivity contribution in [1.29, 1.82) is 0 Å². The first-order chi connectivity index (χ1) is 9.62. The number of hydrazine groups is 1. The number of hydrogen-bond donors (Lipinski definition) is 2. The van der Waals surface area contributed by atoms with Crippen molar-refractivity contribution in [3.05, 3.63) is 47.0 Å². The lowest BCUT2D eigenvalue weighted by Gasteiger charge is -2.19. The van der Waals surface area contributed by atoms with E-state index < -0.39 is 6.04 Å². The number of methoxy groups -OCH3 is 1. The third kappa shape index (κ3) is 2.52. The van der Waals surface area contributed by atoms with Gasteiger partial charge in [-0.15, -0.1) is 0 Å². The van der Waals surface area contributed by atoms with Crippen LogP contribution in [0.15, 0.2) is 24.4 Å². The molecule has 6 heteroatoms. The molecule has 2 rings (SSSR count). The van der Waals surface area contributed by atoms with Crippen molar-refractivity contribution in [3.8, 4) is 5.75 Å². The summed E-state index contributed by atoms with van der Waals surface area (Å²) in [6, 6.07) is 4.54. The molecular formula is C14H19FN4O. The van der Waals surface area contributed by atoms with Crippen LogP contribution in [0.5, 0.6) is 5.75 Å². The lowest BCUT2D eigenvalue weighted by molar-refractivity contribution is 0.398. The summed E-state index contributed by atoms with van der Waals surface area (Å²) in [5.74, 6) is 5.91. The second kappa shape index (κ2) is 6.02. The molecule has 1 aromatic carbocycles. The van der Waals surface area contributed by atoms with Crippen LogP contribution in [0.4, 0.5) is 4.39 Å². The highest BCUT2D eigenvalue weighted by Crippen LogP contribution is 2.31. The van der Waals surface area contributed by atoms with Crippen LogP contribution in [0.25, 0.3) is 0 Å². The first-order valence-electron chi connectivity index (χ1n) is 6.44. The molecule has 20 heavy (non-hydrogen) atoms. The summed E-state index contributed by atoms with van der Waals surface area (Å²) in [4.78, 5) is 0. The first-order valence-corrected chi connectivity index (χ1v) is 6.44. The van der Waals surface area contributed by atoms with Crippen molar-refractivity contribution in [2.24, 2.45) is 5.84 Å². The van der Waals surface area contributed by atoms with Gasteiger partial charge in [0.05, 0.1) is 19.3 Å². The maximum Gasteiger partial charge on any atom is 0.161 e. The number of nitrogens with two attached hydrogens (primary N) is 1. The maximum atomic E-state index is 14.2. The number of halogens is 1. The topological polar surface area (TPSA) is 65.1 Å². The van der Waals surface area contributed by atoms with Gasteiger partial charge < -0.3 is 4.74 Å². The van der Waals surface area contributed by atoms with E-state index in [1.54, 1.807) is 24.1 Å². The van der Waals surface area contributed by atoms with Gasteiger partial charge in [0, 0.05) is 12.1 Å². The Kier molecular flexibility index (Phi) is 4.36. The number of ether oxygens (including phenoxy) is 1. The molecular weight excluding hydrogens is 259 g/mol. The van der Waals surface area contributed by atoms with Crippen molar-refractivity contribution < 1.29 is 9.13 Å². The Morgan fingerprint density at radius 3 is 2.80 bits per heavy atom. The number of nitrogens with one attached hydrogen (secondary N) is 1. The number of aryl methyl sites for hydroxylation is 2. The molecule has 0 spiro atoms. The lowest BCUT2D eigenvalue weighted by atomic mass is 10.0. The predicted octanol–water partition coefficient (Wildman–Crippen LogP) is 1.91. The number of nitrogens with zero attached hydrogens (tertiary/aromatic N) is 2. The number of rotatable bonds is 5. The monoisotopic (exact) mass is 278 g/mol. The molecule has 5 nitrogen and oxygen atoms in total. The van der Waals surface area contributed by atoms with E-state index in [4.69, 9.17) is 10.6 Å². The molecule has 0 saturated carbocycles. The second-order valence-electron chi connectivity index (χ2n) is 4.54. The Morgan fingerprint density at radius 2 is 2.25 bits per heavy atom. The fraction of sp³-hybridized carbons (Fsp3) is 0.357. The minimum Gasteiger partial charge on any atom is -0.493 e. The van der Waals surface area contributed by atoms with Crippen LogP contribution in [0.1, 0.15) is 29.8 Å². The van der Waals surface area contributed by atoms with Gasteiger partial charge in [-0.05, 0) is 25.5 Å². The Balaban J connectivity index is 2.54. The van der Waals surface area contributed by atoms with E-state index in [2.05, 4.69) is 10.5 Å². The Bertz CT molecular complexity index is 575. The maximum absolute atomic E-state index is 14.2. The fourth-order valence-corrected chi connectivity index (χ4v) is 2.26. The van der Waals surface area contributed by atoms with Crippen LogP contribution in [0.2, 0.25) is 0 Å². The first kappa shape index (κ1) is 14.5. The average Bonchev–Trinajstić information content (AvgIpc) is 2.85. The van der Waals surface area contributed by atoms with Crippen molar-refractivity contribution >= 4 is 0 Å². The van der Waals surface area contributed by atoms with Gasteiger partial charge in [-0.25, -0.2) is 9.82 Å². The highest BCUT2D eigenvalue weighted by Gasteiger charge is 2.24. The van der Waals surface area contributed by atoms with Crippen LogP contribution < -0.4 is 16.0 Å². The quantitative estimate of drug-likeness (QED) is 0.648. The predicted molar refractivity (Wildman–Crippen MR) is 74.8 cm³/mol. The van der Waals surface area contributed by atoms with Gasteiger partial charge in [0.25, 0.3) is 0 Å². The van der Waals surface area contributed by atoms with Crippen LogP contribution in [0, 0.1) is 12.7 Å². The molecule has 0 radical (unpaired) electrons. The zero-order chi connectivity index (χ0) is 14.7. The van der Waals surface area contributed by atoms with E-state index in [0.717, 1.165) is 5.56 Å². The van der Waals surface area contributed by atoms with Gasteiger partial charge in [-0.3, -0.25) is 10.5 Å². The highest BCUT2D eigenvalue weighted by molar-refractivity contribution is 5.38. The molecule has 1 unspecified atom stereocenters. The van der Waals surface area contributed by atoms with Gasteiger partial charge in [-0.2, -0.15) is 5.10 Å². The summed E-state index contributed by atoms with van der Waals surface area (Å²) < 4.78 is 21.2. The van der Waals surface area contributed by atoms with Gasteiger partial charge >= 0.3 is 0 Å². The van der Waals surface area contributed by atoms with Crippen molar-refractivity contribution in [2.75, 3.05) is 7.11 Å². The molecule has 0 fully saturated rings. The molecule has 0 aliphatic heterocycles. The van der Waals surface area contributed by atoms with Crippen LogP contribution in [-0.4, -0.2) is 16.9 Å². The standard InChI is InChI=1S/C14H19FN4O/c1-4-19-14(12(20-3)8-17-19)13(18-16)10-6-5-9(2)7-11(10)15/h5-8,13,18H,4,16H2,1-3H3. The molecule has 1 aromatic heterocycles. The van der Waals surface area contributed by atoms with Gasteiger partial charge in [-0.1, -0.05) is 12.1 Å². The number of benzene rings is 1. The zero-order valence-electron chi connectivity index (χ0n) is 11.9. The van der Waals surface area contributed by atoms with E-state index in [1.807, 2.05) is 19.9 Å². The SMILES string of the molecule is CCn1ncc(OC)c1C(NN)c1ccc(C)cc1F. The van der Waals surface area contributed by atoms with Gasteiger partial charge in [0.2, 0.25) is 0 Å². The molecule has 2 aromatic rings. The summed E-state index contributed by atoms with van der Waals surface area (Å²) in [6.07, 6.45) is 1.61. The summed E-state index contributed by atoms with van der Waals surface area (Å²) >= 11 is 0. The van der Waals surface area contributed by atoms with Crippen molar-refractivity contribution in [1.82, 2.24) is 15.2 Å². The zero-order valence-corrected chi connectivity index (χ0v) is 11.9. The largest absolute Gasteiger partial charge is 0.493 e. The van der Waals surface area contributed by atoms with Crippen LogP contribution >= 0.6 is 0 Å². The highest BCUT2D eigenvalue weighted by atomic mass is 19.1. The van der Waals surface area contributed by atoms with E-state index in [0.29, 0.717) is 23.6 Å². The number of aromatic nitrogens is 2. The van der Waals surface area contributed by atoms with Gasteiger partial charge in [0.15, 0.2) is 5.75 Å². The molecule has 108 valence electrons. The summed E-state index contributed by atoms with van der Waals surface area (Å²) in [5, 5.41) is 4.22. The molecule has 1 heterocycles. The van der Waals surface area contributed by atoms with Crippen LogP contribution in [-0.2, 0) is 6.54 Å². The summed E-state index contributed by atoms with van der Waals surface area (Å²) in [7, 11) is 1.56. The van der Waals surface area contributed by atoms with Crippen LogP contribution in [0.3, 0.4) is 0 Å². The second-order valence-corrected chi connectivity index (χ2v) is 4.54. The smallest absolute Gasteiger partial charge is 0.161 e. The third-order valence-electron chi connectivity index (χ3n) is 3.27. The fourth-order valence-electron chi connectivity index (χ4n) is 2.26. The summed E-state index contributed by atoms with van der Waals surface area (Å²) in [6.45, 7) is 4.44. The molecule has 1 atom stereocenters. The molecule has 0 amide bonds. The van der Waals surface area contributed by atoms with E-state index in [9.17, 15) is 4.39 Å². The third-order valence-corrected chi connectivity index (χ3v) is 3.27. The minimum atomic E-state index is -0.520. The molecule has 3 N–H and O–H groups in total. The Hall–Kier alpha value is -1.92. The average molecular weight is 278 g/mol. The molecule has 0 aliphatic carbocycles. The lowest BCUT2D eigenvalue weighted by Crippen LogP contribution is -2.31. The normalized spacial score (nSPS) is 12.4. The molecule has 0 saturated heterocycles. The van der Waals surface area contributed by atoms with E-state index in [1.165, 1.54) is 6.07 Å². The minimum absolute atomic E-state index is 0.307. The Morgan fingerprint density at radius 1 is 1.50 bits per heavy atom. The number of hydrogen-bond acceptors (Lipinski definition) is 4. The van der Waals surface area contributed by atoms with Crippen molar-refractivity contribution in [3.63, 3.8) is 0 Å². The Labute approximate surface area is 117 Å². The van der Waals surface area contributed by atoms with E-state index >= 15 is 0 Å². The van der Waals surface area contributed by atoms with E-state index in [-0.39, 0.29) is 5.82 Å². The molecule has 0 aliphatic rings. The van der Waals surface area contributed by atoms with Crippen molar-refractivity contribution in [2.45, 2.75) is 26.4 Å². The molecule has 0 bridgehead atoms.